The molecule has 0 aromatic heterocycles. The van der Waals surface area contributed by atoms with Crippen LogP contribution >= 0.6 is 0 Å². The molecule has 6 nitrogen and oxygen atoms in total. The first-order chi connectivity index (χ1) is 10.5. The SMILES string of the molecule is CCN1CCC(NC(=O)c2ccc(NC(C)=O)cc2)N1CC. The second kappa shape index (κ2) is 7.38. The summed E-state index contributed by atoms with van der Waals surface area (Å²) >= 11 is 0. The van der Waals surface area contributed by atoms with Crippen molar-refractivity contribution in [1.29, 1.82) is 0 Å². The number of nitrogens with one attached hydrogen (secondary N) is 2. The fraction of sp³-hybridized carbons (Fsp3) is 0.500. The second-order valence-corrected chi connectivity index (χ2v) is 5.34. The van der Waals surface area contributed by atoms with Gasteiger partial charge in [0, 0.05) is 37.8 Å². The number of nitrogens with zero attached hydrogens (tertiary/aromatic N) is 2. The summed E-state index contributed by atoms with van der Waals surface area (Å²) in [6, 6.07) is 6.93. The third-order valence-corrected chi connectivity index (χ3v) is 3.84. The van der Waals surface area contributed by atoms with Gasteiger partial charge in [-0.1, -0.05) is 13.8 Å². The summed E-state index contributed by atoms with van der Waals surface area (Å²) < 4.78 is 0. The molecule has 1 aromatic rings. The molecule has 0 aliphatic carbocycles. The van der Waals surface area contributed by atoms with E-state index in [1.807, 2.05) is 0 Å². The van der Waals surface area contributed by atoms with E-state index in [2.05, 4.69) is 34.5 Å². The molecular formula is C16H24N4O2. The minimum Gasteiger partial charge on any atom is -0.335 e. The van der Waals surface area contributed by atoms with Gasteiger partial charge in [0.25, 0.3) is 5.91 Å². The van der Waals surface area contributed by atoms with Crippen LogP contribution in [0.25, 0.3) is 0 Å². The van der Waals surface area contributed by atoms with Gasteiger partial charge in [-0.3, -0.25) is 9.59 Å². The van der Waals surface area contributed by atoms with E-state index in [4.69, 9.17) is 0 Å². The molecule has 2 amide bonds. The topological polar surface area (TPSA) is 64.7 Å². The maximum absolute atomic E-state index is 12.3. The summed E-state index contributed by atoms with van der Waals surface area (Å²) in [6.45, 7) is 8.46. The van der Waals surface area contributed by atoms with Gasteiger partial charge in [0.1, 0.15) is 0 Å². The van der Waals surface area contributed by atoms with E-state index >= 15 is 0 Å². The van der Waals surface area contributed by atoms with Crippen molar-refractivity contribution in [3.05, 3.63) is 29.8 Å². The Morgan fingerprint density at radius 3 is 2.41 bits per heavy atom. The van der Waals surface area contributed by atoms with E-state index in [0.717, 1.165) is 26.1 Å². The lowest BCUT2D eigenvalue weighted by atomic mass is 10.2. The van der Waals surface area contributed by atoms with Crippen molar-refractivity contribution in [2.24, 2.45) is 0 Å². The Labute approximate surface area is 131 Å². The molecule has 1 fully saturated rings. The molecule has 0 radical (unpaired) electrons. The normalized spacial score (nSPS) is 19.1. The van der Waals surface area contributed by atoms with Gasteiger partial charge in [0.15, 0.2) is 0 Å². The Bertz CT molecular complexity index is 529. The lowest BCUT2D eigenvalue weighted by molar-refractivity contribution is -0.114. The van der Waals surface area contributed by atoms with Gasteiger partial charge in [-0.2, -0.15) is 0 Å². The second-order valence-electron chi connectivity index (χ2n) is 5.34. The molecule has 1 saturated heterocycles. The molecule has 1 aromatic carbocycles. The van der Waals surface area contributed by atoms with Crippen molar-refractivity contribution in [3.8, 4) is 0 Å². The largest absolute Gasteiger partial charge is 0.335 e. The molecule has 0 saturated carbocycles. The van der Waals surface area contributed by atoms with Crippen LogP contribution in [0.2, 0.25) is 0 Å². The maximum atomic E-state index is 12.3. The van der Waals surface area contributed by atoms with Crippen molar-refractivity contribution in [2.75, 3.05) is 25.0 Å². The fourth-order valence-electron chi connectivity index (χ4n) is 2.80. The lowest BCUT2D eigenvalue weighted by Crippen LogP contribution is -2.49. The quantitative estimate of drug-likeness (QED) is 0.868. The number of hydrogen-bond donors (Lipinski definition) is 2. The van der Waals surface area contributed by atoms with Crippen LogP contribution in [0, 0.1) is 0 Å². The number of hydrazine groups is 1. The molecule has 1 aliphatic rings. The molecule has 1 unspecified atom stereocenters. The highest BCUT2D eigenvalue weighted by Crippen LogP contribution is 2.16. The first-order valence-corrected chi connectivity index (χ1v) is 7.75. The minimum atomic E-state index is -0.124. The van der Waals surface area contributed by atoms with Gasteiger partial charge in [0.05, 0.1) is 6.17 Å². The average molecular weight is 304 g/mol. The Morgan fingerprint density at radius 2 is 1.86 bits per heavy atom. The molecule has 2 N–H and O–H groups in total. The summed E-state index contributed by atoms with van der Waals surface area (Å²) in [5.74, 6) is -0.211. The summed E-state index contributed by atoms with van der Waals surface area (Å²) in [6.07, 6.45) is 0.977. The highest BCUT2D eigenvalue weighted by Gasteiger charge is 2.30. The van der Waals surface area contributed by atoms with Gasteiger partial charge >= 0.3 is 0 Å². The van der Waals surface area contributed by atoms with Crippen molar-refractivity contribution in [1.82, 2.24) is 15.3 Å². The van der Waals surface area contributed by atoms with E-state index in [-0.39, 0.29) is 18.0 Å². The Morgan fingerprint density at radius 1 is 1.18 bits per heavy atom. The van der Waals surface area contributed by atoms with Crippen LogP contribution in [0.5, 0.6) is 0 Å². The van der Waals surface area contributed by atoms with Crippen LogP contribution in [-0.2, 0) is 4.79 Å². The number of carbonyl (C=O) groups excluding carboxylic acids is 2. The lowest BCUT2D eigenvalue weighted by Gasteiger charge is -2.30. The Hall–Kier alpha value is -1.92. The van der Waals surface area contributed by atoms with Crippen LogP contribution in [-0.4, -0.2) is 47.6 Å². The highest BCUT2D eigenvalue weighted by molar-refractivity contribution is 5.95. The summed E-state index contributed by atoms with van der Waals surface area (Å²) in [7, 11) is 0. The monoisotopic (exact) mass is 304 g/mol. The van der Waals surface area contributed by atoms with Crippen molar-refractivity contribution >= 4 is 17.5 Å². The molecule has 0 spiro atoms. The molecule has 120 valence electrons. The Kier molecular flexibility index (Phi) is 5.51. The number of hydrogen-bond acceptors (Lipinski definition) is 4. The highest BCUT2D eigenvalue weighted by atomic mass is 16.2. The van der Waals surface area contributed by atoms with Gasteiger partial charge in [-0.15, -0.1) is 0 Å². The standard InChI is InChI=1S/C16H24N4O2/c1-4-19-11-10-15(20(19)5-2)18-16(22)13-6-8-14(9-7-13)17-12(3)21/h6-9,15H,4-5,10-11H2,1-3H3,(H,17,21)(H,18,22). The maximum Gasteiger partial charge on any atom is 0.252 e. The number of anilines is 1. The summed E-state index contributed by atoms with van der Waals surface area (Å²) in [5.41, 5.74) is 1.29. The van der Waals surface area contributed by atoms with E-state index in [1.165, 1.54) is 6.92 Å². The van der Waals surface area contributed by atoms with Crippen LogP contribution in [0.1, 0.15) is 37.6 Å². The van der Waals surface area contributed by atoms with Crippen molar-refractivity contribution < 1.29 is 9.59 Å². The number of rotatable bonds is 5. The van der Waals surface area contributed by atoms with Gasteiger partial charge in [-0.05, 0) is 30.7 Å². The molecular weight excluding hydrogens is 280 g/mol. The van der Waals surface area contributed by atoms with E-state index < -0.39 is 0 Å². The van der Waals surface area contributed by atoms with Gasteiger partial charge < -0.3 is 10.6 Å². The van der Waals surface area contributed by atoms with E-state index in [0.29, 0.717) is 11.3 Å². The van der Waals surface area contributed by atoms with Gasteiger partial charge in [0.2, 0.25) is 5.91 Å². The van der Waals surface area contributed by atoms with Crippen LogP contribution < -0.4 is 10.6 Å². The van der Waals surface area contributed by atoms with Crippen LogP contribution in [0.15, 0.2) is 24.3 Å². The third-order valence-electron chi connectivity index (χ3n) is 3.84. The predicted octanol–water partition coefficient (Wildman–Crippen LogP) is 1.66. The summed E-state index contributed by atoms with van der Waals surface area (Å²) in [5, 5.41) is 10.2. The minimum absolute atomic E-state index is 0.0486. The zero-order valence-corrected chi connectivity index (χ0v) is 13.4. The molecule has 1 heterocycles. The number of benzene rings is 1. The number of amides is 2. The van der Waals surface area contributed by atoms with Crippen LogP contribution in [0.4, 0.5) is 5.69 Å². The Balaban J connectivity index is 1.98. The summed E-state index contributed by atoms with van der Waals surface area (Å²) in [4.78, 5) is 23.3. The van der Waals surface area contributed by atoms with E-state index in [1.54, 1.807) is 24.3 Å². The number of carbonyl (C=O) groups is 2. The van der Waals surface area contributed by atoms with E-state index in [9.17, 15) is 9.59 Å². The molecule has 0 bridgehead atoms. The molecule has 1 aliphatic heterocycles. The molecule has 1 atom stereocenters. The molecule has 2 rings (SSSR count). The van der Waals surface area contributed by atoms with Crippen molar-refractivity contribution in [2.45, 2.75) is 33.4 Å². The predicted molar refractivity (Wildman–Crippen MR) is 86.2 cm³/mol. The first kappa shape index (κ1) is 16.5. The van der Waals surface area contributed by atoms with Gasteiger partial charge in [-0.25, -0.2) is 10.0 Å². The third kappa shape index (κ3) is 3.84. The first-order valence-electron chi connectivity index (χ1n) is 7.75. The zero-order chi connectivity index (χ0) is 16.1. The van der Waals surface area contributed by atoms with Crippen LogP contribution in [0.3, 0.4) is 0 Å². The molecule has 6 heteroatoms. The average Bonchev–Trinajstić information content (AvgIpc) is 2.89. The smallest absolute Gasteiger partial charge is 0.252 e. The zero-order valence-electron chi connectivity index (χ0n) is 13.4. The molecule has 22 heavy (non-hydrogen) atoms. The van der Waals surface area contributed by atoms with Crippen molar-refractivity contribution in [3.63, 3.8) is 0 Å². The fourth-order valence-corrected chi connectivity index (χ4v) is 2.80.